The van der Waals surface area contributed by atoms with E-state index in [2.05, 4.69) is 11.8 Å². The Balaban J connectivity index is 3.01. The fraction of sp³-hybridized carbons (Fsp3) is 0.500. The lowest BCUT2D eigenvalue weighted by Crippen LogP contribution is -2.38. The summed E-state index contributed by atoms with van der Waals surface area (Å²) in [4.78, 5) is 2.11. The van der Waals surface area contributed by atoms with E-state index in [-0.39, 0.29) is 5.84 Å². The summed E-state index contributed by atoms with van der Waals surface area (Å²) in [6.45, 7) is 8.99. The zero-order chi connectivity index (χ0) is 13.9. The molecule has 0 amide bonds. The van der Waals surface area contributed by atoms with Crippen LogP contribution in [0.15, 0.2) is 18.2 Å². The Morgan fingerprint density at radius 3 is 2.44 bits per heavy atom. The molecule has 1 rings (SSSR count). The van der Waals surface area contributed by atoms with Crippen LogP contribution in [0.3, 0.4) is 0 Å². The van der Waals surface area contributed by atoms with Crippen molar-refractivity contribution in [3.8, 4) is 0 Å². The third kappa shape index (κ3) is 3.74. The van der Waals surface area contributed by atoms with Crippen molar-refractivity contribution in [3.63, 3.8) is 0 Å². The van der Waals surface area contributed by atoms with Crippen LogP contribution in [-0.2, 0) is 0 Å². The molecule has 0 fully saturated rings. The van der Waals surface area contributed by atoms with Gasteiger partial charge >= 0.3 is 0 Å². The average molecular weight is 249 g/mol. The van der Waals surface area contributed by atoms with Crippen LogP contribution >= 0.6 is 0 Å². The van der Waals surface area contributed by atoms with Gasteiger partial charge in [0.1, 0.15) is 5.84 Å². The van der Waals surface area contributed by atoms with Crippen molar-refractivity contribution in [1.82, 2.24) is 0 Å². The number of nitrogens with zero attached hydrogens (tertiary/aromatic N) is 1. The van der Waals surface area contributed by atoms with Crippen molar-refractivity contribution < 1.29 is 5.11 Å². The number of aryl methyl sites for hydroxylation is 1. The highest BCUT2D eigenvalue weighted by Crippen LogP contribution is 2.20. The van der Waals surface area contributed by atoms with Gasteiger partial charge in [-0.3, -0.25) is 5.41 Å². The van der Waals surface area contributed by atoms with Crippen LogP contribution < -0.4 is 10.6 Å². The third-order valence-electron chi connectivity index (χ3n) is 2.82. The lowest BCUT2D eigenvalue weighted by molar-refractivity contribution is 0.0876. The molecule has 18 heavy (non-hydrogen) atoms. The van der Waals surface area contributed by atoms with Gasteiger partial charge in [0, 0.05) is 24.3 Å². The molecule has 0 spiro atoms. The van der Waals surface area contributed by atoms with Gasteiger partial charge in [-0.2, -0.15) is 0 Å². The largest absolute Gasteiger partial charge is 0.389 e. The predicted octanol–water partition coefficient (Wildman–Crippen LogP) is 1.88. The molecule has 0 aliphatic rings. The minimum Gasteiger partial charge on any atom is -0.389 e. The Bertz CT molecular complexity index is 435. The molecule has 1 aromatic carbocycles. The number of nitrogens with one attached hydrogen (secondary N) is 1. The number of anilines is 1. The van der Waals surface area contributed by atoms with Crippen molar-refractivity contribution >= 4 is 11.5 Å². The van der Waals surface area contributed by atoms with Gasteiger partial charge in [-0.15, -0.1) is 0 Å². The van der Waals surface area contributed by atoms with Crippen LogP contribution in [-0.4, -0.2) is 29.6 Å². The molecule has 0 atom stereocenters. The molecule has 0 aromatic heterocycles. The van der Waals surface area contributed by atoms with E-state index in [0.717, 1.165) is 23.4 Å². The molecule has 0 saturated carbocycles. The summed E-state index contributed by atoms with van der Waals surface area (Å²) in [5, 5.41) is 17.4. The number of likely N-dealkylation sites (N-methyl/N-ethyl adjacent to an activating group) is 1. The minimum absolute atomic E-state index is 0.0876. The summed E-state index contributed by atoms with van der Waals surface area (Å²) in [5.41, 5.74) is 7.56. The molecule has 4 N–H and O–H groups in total. The molecule has 0 heterocycles. The van der Waals surface area contributed by atoms with Crippen molar-refractivity contribution in [2.24, 2.45) is 5.73 Å². The smallest absolute Gasteiger partial charge is 0.123 e. The molecular weight excluding hydrogens is 226 g/mol. The zero-order valence-electron chi connectivity index (χ0n) is 11.6. The van der Waals surface area contributed by atoms with E-state index in [1.54, 1.807) is 13.8 Å². The highest BCUT2D eigenvalue weighted by atomic mass is 16.3. The topological polar surface area (TPSA) is 73.3 Å². The van der Waals surface area contributed by atoms with Gasteiger partial charge in [-0.05, 0) is 51.5 Å². The molecule has 0 saturated heterocycles. The summed E-state index contributed by atoms with van der Waals surface area (Å²) in [5.74, 6) is 0.0876. The monoisotopic (exact) mass is 249 g/mol. The van der Waals surface area contributed by atoms with Crippen LogP contribution in [0.1, 0.15) is 31.9 Å². The highest BCUT2D eigenvalue weighted by Gasteiger charge is 2.18. The van der Waals surface area contributed by atoms with E-state index >= 15 is 0 Å². The first kappa shape index (κ1) is 14.5. The van der Waals surface area contributed by atoms with E-state index < -0.39 is 5.60 Å². The van der Waals surface area contributed by atoms with Gasteiger partial charge in [-0.25, -0.2) is 0 Å². The normalized spacial score (nSPS) is 11.4. The lowest BCUT2D eigenvalue weighted by atomic mass is 10.0. The molecular formula is C14H23N3O. The van der Waals surface area contributed by atoms with Gasteiger partial charge in [0.15, 0.2) is 0 Å². The highest BCUT2D eigenvalue weighted by molar-refractivity contribution is 5.96. The van der Waals surface area contributed by atoms with Crippen molar-refractivity contribution in [2.45, 2.75) is 33.3 Å². The maximum atomic E-state index is 9.90. The third-order valence-corrected chi connectivity index (χ3v) is 2.82. The summed E-state index contributed by atoms with van der Waals surface area (Å²) in [7, 11) is 0. The Kier molecular flexibility index (Phi) is 4.35. The Morgan fingerprint density at radius 2 is 2.06 bits per heavy atom. The summed E-state index contributed by atoms with van der Waals surface area (Å²) in [6, 6.07) is 5.81. The second kappa shape index (κ2) is 5.40. The number of hydrogen-bond acceptors (Lipinski definition) is 3. The van der Waals surface area contributed by atoms with E-state index in [0.29, 0.717) is 6.54 Å². The van der Waals surface area contributed by atoms with Crippen molar-refractivity contribution in [3.05, 3.63) is 29.3 Å². The SMILES string of the molecule is CCN(CC(C)(C)O)c1ccc(C(=N)N)c(C)c1. The van der Waals surface area contributed by atoms with Crippen LogP contribution in [0, 0.1) is 12.3 Å². The van der Waals surface area contributed by atoms with Gasteiger partial charge in [0.2, 0.25) is 0 Å². The Labute approximate surface area is 109 Å². The lowest BCUT2D eigenvalue weighted by Gasteiger charge is -2.30. The van der Waals surface area contributed by atoms with Crippen molar-refractivity contribution in [1.29, 1.82) is 5.41 Å². The molecule has 0 radical (unpaired) electrons. The molecule has 100 valence electrons. The summed E-state index contributed by atoms with van der Waals surface area (Å²) >= 11 is 0. The van der Waals surface area contributed by atoms with Crippen LogP contribution in [0.25, 0.3) is 0 Å². The van der Waals surface area contributed by atoms with E-state index in [1.807, 2.05) is 25.1 Å². The number of nitrogen functional groups attached to an aromatic ring is 1. The molecule has 0 unspecified atom stereocenters. The number of aliphatic hydroxyl groups is 1. The van der Waals surface area contributed by atoms with Gasteiger partial charge in [0.05, 0.1) is 5.60 Å². The fourth-order valence-electron chi connectivity index (χ4n) is 2.00. The number of rotatable bonds is 5. The second-order valence-corrected chi connectivity index (χ2v) is 5.24. The maximum Gasteiger partial charge on any atom is 0.123 e. The van der Waals surface area contributed by atoms with Crippen LogP contribution in [0.5, 0.6) is 0 Å². The van der Waals surface area contributed by atoms with E-state index in [9.17, 15) is 5.11 Å². The number of hydrogen-bond donors (Lipinski definition) is 3. The first-order valence-corrected chi connectivity index (χ1v) is 6.17. The van der Waals surface area contributed by atoms with Crippen LogP contribution in [0.2, 0.25) is 0 Å². The first-order chi connectivity index (χ1) is 8.24. The van der Waals surface area contributed by atoms with Gasteiger partial charge in [0.25, 0.3) is 0 Å². The summed E-state index contributed by atoms with van der Waals surface area (Å²) < 4.78 is 0. The predicted molar refractivity (Wildman–Crippen MR) is 76.4 cm³/mol. The average Bonchev–Trinajstić information content (AvgIpc) is 2.24. The van der Waals surface area contributed by atoms with E-state index in [4.69, 9.17) is 11.1 Å². The molecule has 0 aliphatic carbocycles. The molecule has 4 nitrogen and oxygen atoms in total. The number of benzene rings is 1. The standard InChI is InChI=1S/C14H23N3O/c1-5-17(9-14(3,4)18)11-6-7-12(13(15)16)10(2)8-11/h6-8,18H,5,9H2,1-4H3,(H3,15,16). The molecule has 1 aromatic rings. The zero-order valence-corrected chi connectivity index (χ0v) is 11.6. The maximum absolute atomic E-state index is 9.90. The molecule has 0 bridgehead atoms. The minimum atomic E-state index is -0.733. The van der Waals surface area contributed by atoms with E-state index in [1.165, 1.54) is 0 Å². The molecule has 0 aliphatic heterocycles. The Morgan fingerprint density at radius 1 is 1.44 bits per heavy atom. The molecule has 4 heteroatoms. The van der Waals surface area contributed by atoms with Crippen LogP contribution in [0.4, 0.5) is 5.69 Å². The van der Waals surface area contributed by atoms with Gasteiger partial charge < -0.3 is 15.7 Å². The second-order valence-electron chi connectivity index (χ2n) is 5.24. The summed E-state index contributed by atoms with van der Waals surface area (Å²) in [6.07, 6.45) is 0. The van der Waals surface area contributed by atoms with Crippen molar-refractivity contribution in [2.75, 3.05) is 18.0 Å². The van der Waals surface area contributed by atoms with Gasteiger partial charge in [-0.1, -0.05) is 0 Å². The number of nitrogens with two attached hydrogens (primary N) is 1. The number of amidine groups is 1. The Hall–Kier alpha value is -1.55. The fourth-order valence-corrected chi connectivity index (χ4v) is 2.00. The quantitative estimate of drug-likeness (QED) is 0.551. The first-order valence-electron chi connectivity index (χ1n) is 6.17.